The summed E-state index contributed by atoms with van der Waals surface area (Å²) in [6.07, 6.45) is -3.46. The molecule has 0 amide bonds. The first-order valence-electron chi connectivity index (χ1n) is 11.3. The van der Waals surface area contributed by atoms with Gasteiger partial charge in [0.05, 0.1) is 25.4 Å². The normalized spacial score (nSPS) is 29.4. The van der Waals surface area contributed by atoms with Crippen LogP contribution in [0.15, 0.2) is 31.6 Å². The Hall–Kier alpha value is -2.59. The maximum atomic E-state index is 12.8. The highest BCUT2D eigenvalue weighted by atomic mass is 31.2. The zero-order chi connectivity index (χ0) is 27.1. The second kappa shape index (κ2) is 10.7. The Balaban J connectivity index is 1.39. The molecule has 0 aliphatic carbocycles. The summed E-state index contributed by atoms with van der Waals surface area (Å²) >= 11 is 0. The number of ether oxygens (including phenoxy) is 2. The summed E-state index contributed by atoms with van der Waals surface area (Å²) < 4.78 is 37.0. The van der Waals surface area contributed by atoms with Crippen molar-refractivity contribution >= 4 is 15.0 Å². The highest BCUT2D eigenvalue weighted by molar-refractivity contribution is 7.79. The van der Waals surface area contributed by atoms with Gasteiger partial charge in [0, 0.05) is 36.4 Å². The maximum absolute atomic E-state index is 12.8. The monoisotopic (exact) mass is 540 g/mol. The van der Waals surface area contributed by atoms with Gasteiger partial charge in [0.15, 0.2) is 0 Å². The summed E-state index contributed by atoms with van der Waals surface area (Å²) in [7, 11) is 1.45. The Morgan fingerprint density at radius 1 is 1.00 bits per heavy atom. The molecule has 2 aliphatic heterocycles. The van der Waals surface area contributed by atoms with Crippen LogP contribution in [0.1, 0.15) is 36.4 Å². The lowest BCUT2D eigenvalue weighted by Gasteiger charge is -2.24. The van der Waals surface area contributed by atoms with Crippen LogP contribution < -0.4 is 22.5 Å². The average Bonchev–Trinajstić information content (AvgIpc) is 3.39. The molecule has 2 radical (unpaired) electrons. The van der Waals surface area contributed by atoms with Crippen molar-refractivity contribution in [3.63, 3.8) is 0 Å². The Kier molecular flexibility index (Phi) is 7.90. The van der Waals surface area contributed by atoms with Gasteiger partial charge in [-0.1, -0.05) is 0 Å². The lowest BCUT2D eigenvalue weighted by molar-refractivity contribution is -0.0512. The van der Waals surface area contributed by atoms with E-state index in [4.69, 9.17) is 26.1 Å². The molecule has 4 N–H and O–H groups in total. The Labute approximate surface area is 209 Å². The van der Waals surface area contributed by atoms with Gasteiger partial charge in [-0.15, -0.1) is 0 Å². The fraction of sp³-hybridized carbons (Fsp3) is 0.600. The van der Waals surface area contributed by atoms with Crippen LogP contribution in [0.3, 0.4) is 0 Å². The second-order valence-corrected chi connectivity index (χ2v) is 10.5. The molecule has 0 spiro atoms. The third-order valence-electron chi connectivity index (χ3n) is 6.18. The van der Waals surface area contributed by atoms with E-state index in [1.54, 1.807) is 0 Å². The van der Waals surface area contributed by atoms with E-state index in [0.717, 1.165) is 9.13 Å². The van der Waals surface area contributed by atoms with Crippen molar-refractivity contribution in [2.45, 2.75) is 63.6 Å². The largest absolute Gasteiger partial charge is 0.394 e. The molecular weight excluding hydrogens is 514 g/mol. The van der Waals surface area contributed by atoms with Crippen molar-refractivity contribution in [1.29, 1.82) is 0 Å². The number of aliphatic hydroxyl groups excluding tert-OH is 2. The summed E-state index contributed by atoms with van der Waals surface area (Å²) in [6.45, 7) is 2.01. The molecule has 0 bridgehead atoms. The van der Waals surface area contributed by atoms with Crippen LogP contribution in [-0.2, 0) is 23.1 Å². The topological polar surface area (TPSA) is 204 Å². The molecule has 4 rings (SSSR count). The molecule has 2 aromatic heterocycles. The van der Waals surface area contributed by atoms with Crippen LogP contribution in [0, 0.1) is 13.8 Å². The maximum Gasteiger partial charge on any atom is 0.330 e. The molecule has 2 fully saturated rings. The quantitative estimate of drug-likeness (QED) is 0.220. The van der Waals surface area contributed by atoms with Gasteiger partial charge in [-0.2, -0.15) is 0 Å². The standard InChI is InChI=1S/C20H26BN4O11P/c1-9-5-24(19(30)22-17(9)28)15-3-11(27)14(35-15)8-33-37(21,32)36-12-4-16(34-13(12)7-26)25-6-10(2)18(29)23-20(25)31/h5-6,11-16,26-27H,3-4,7-8H2,1-2H3,(H,22,28,30)(H,23,29,31)/t11-,12-,13+,14+,15+,16+,37?/m0/s1. The van der Waals surface area contributed by atoms with Gasteiger partial charge in [-0.25, -0.2) is 9.59 Å². The summed E-state index contributed by atoms with van der Waals surface area (Å²) in [5.41, 5.74) is -2.01. The fourth-order valence-corrected chi connectivity index (χ4v) is 5.19. The van der Waals surface area contributed by atoms with Crippen LogP contribution >= 0.6 is 7.47 Å². The molecule has 2 aromatic rings. The van der Waals surface area contributed by atoms with Gasteiger partial charge in [-0.05, 0) is 13.8 Å². The van der Waals surface area contributed by atoms with E-state index in [1.165, 1.54) is 26.2 Å². The third kappa shape index (κ3) is 5.96. The lowest BCUT2D eigenvalue weighted by Crippen LogP contribution is -2.33. The van der Waals surface area contributed by atoms with Crippen molar-refractivity contribution in [3.05, 3.63) is 65.2 Å². The molecule has 2 aliphatic rings. The number of H-pyrrole nitrogens is 2. The number of aromatic amines is 2. The molecule has 15 nitrogen and oxygen atoms in total. The number of aromatic nitrogens is 4. The molecule has 17 heteroatoms. The van der Waals surface area contributed by atoms with E-state index in [2.05, 4.69) is 9.97 Å². The minimum absolute atomic E-state index is 0.00673. The van der Waals surface area contributed by atoms with E-state index in [9.17, 15) is 34.0 Å². The Morgan fingerprint density at radius 2 is 1.51 bits per heavy atom. The van der Waals surface area contributed by atoms with Crippen LogP contribution in [0.25, 0.3) is 0 Å². The van der Waals surface area contributed by atoms with Crippen LogP contribution in [-0.4, -0.2) is 74.5 Å². The predicted molar refractivity (Wildman–Crippen MR) is 126 cm³/mol. The van der Waals surface area contributed by atoms with Crippen LogP contribution in [0.4, 0.5) is 0 Å². The highest BCUT2D eigenvalue weighted by Crippen LogP contribution is 2.48. The zero-order valence-electron chi connectivity index (χ0n) is 19.9. The molecule has 0 aromatic carbocycles. The highest BCUT2D eigenvalue weighted by Gasteiger charge is 2.42. The van der Waals surface area contributed by atoms with Gasteiger partial charge < -0.3 is 28.7 Å². The van der Waals surface area contributed by atoms with Gasteiger partial charge in [-0.3, -0.25) is 33.3 Å². The summed E-state index contributed by atoms with van der Waals surface area (Å²) in [6, 6.07) is 0. The first-order valence-corrected chi connectivity index (χ1v) is 12.9. The first-order chi connectivity index (χ1) is 17.4. The van der Waals surface area contributed by atoms with Crippen LogP contribution in [0.2, 0.25) is 0 Å². The summed E-state index contributed by atoms with van der Waals surface area (Å²) in [5, 5.41) is 20.0. The number of nitrogens with one attached hydrogen (secondary N) is 2. The molecular formula is C20H26BN4O11P. The Morgan fingerprint density at radius 3 is 2.05 bits per heavy atom. The summed E-state index contributed by atoms with van der Waals surface area (Å²) in [4.78, 5) is 51.8. The smallest absolute Gasteiger partial charge is 0.330 e. The first kappa shape index (κ1) is 27.4. The van der Waals surface area contributed by atoms with E-state index in [1.807, 2.05) is 0 Å². The molecule has 37 heavy (non-hydrogen) atoms. The Bertz CT molecular complexity index is 1430. The second-order valence-electron chi connectivity index (χ2n) is 8.92. The predicted octanol–water partition coefficient (Wildman–Crippen LogP) is -1.69. The molecule has 200 valence electrons. The zero-order valence-corrected chi connectivity index (χ0v) is 20.8. The van der Waals surface area contributed by atoms with Crippen molar-refractivity contribution < 1.29 is 33.3 Å². The summed E-state index contributed by atoms with van der Waals surface area (Å²) in [5.74, 6) is 0. The van der Waals surface area contributed by atoms with Gasteiger partial charge in [0.1, 0.15) is 24.7 Å². The van der Waals surface area contributed by atoms with Gasteiger partial charge in [0.2, 0.25) is 7.57 Å². The number of aryl methyl sites for hydroxylation is 2. The fourth-order valence-electron chi connectivity index (χ4n) is 4.18. The molecule has 2 saturated heterocycles. The van der Waals surface area contributed by atoms with Crippen molar-refractivity contribution in [2.24, 2.45) is 0 Å². The van der Waals surface area contributed by atoms with Gasteiger partial charge >= 0.3 is 11.4 Å². The van der Waals surface area contributed by atoms with E-state index in [0.29, 0.717) is 0 Å². The number of nitrogens with zero attached hydrogens (tertiary/aromatic N) is 2. The SMILES string of the molecule is [B]P(=O)(OC[C@H]1O[C@@H](n2cc(C)c(=O)[nH]c2=O)C[C@@H]1O)O[C@H]1C[C@H](n2cc(C)c(=O)[nH]c2=O)O[C@@H]1CO. The molecule has 1 unspecified atom stereocenters. The minimum atomic E-state index is -4.28. The van der Waals surface area contributed by atoms with Gasteiger partial charge in [0.25, 0.3) is 18.6 Å². The third-order valence-corrected chi connectivity index (χ3v) is 7.25. The number of rotatable bonds is 8. The minimum Gasteiger partial charge on any atom is -0.394 e. The van der Waals surface area contributed by atoms with E-state index in [-0.39, 0.29) is 24.0 Å². The van der Waals surface area contributed by atoms with E-state index >= 15 is 0 Å². The number of aliphatic hydroxyl groups is 2. The van der Waals surface area contributed by atoms with Crippen molar-refractivity contribution in [3.8, 4) is 0 Å². The molecule has 0 saturated carbocycles. The van der Waals surface area contributed by atoms with Crippen molar-refractivity contribution in [2.75, 3.05) is 13.2 Å². The number of hydrogen-bond donors (Lipinski definition) is 4. The lowest BCUT2D eigenvalue weighted by atomic mass is 10.2. The molecule has 4 heterocycles. The molecule has 7 atom stereocenters. The number of hydrogen-bond acceptors (Lipinski definition) is 11. The van der Waals surface area contributed by atoms with Crippen molar-refractivity contribution in [1.82, 2.24) is 19.1 Å². The van der Waals surface area contributed by atoms with E-state index < -0.39 is 80.1 Å². The van der Waals surface area contributed by atoms with Crippen LogP contribution in [0.5, 0.6) is 0 Å². The average molecular weight is 540 g/mol.